The van der Waals surface area contributed by atoms with E-state index in [1.165, 1.54) is 5.56 Å². The van der Waals surface area contributed by atoms with Crippen LogP contribution in [0, 0.1) is 0 Å². The monoisotopic (exact) mass is 240 g/mol. The number of halogens is 1. The predicted molar refractivity (Wildman–Crippen MR) is 59.0 cm³/mol. The van der Waals surface area contributed by atoms with Crippen molar-refractivity contribution in [2.24, 2.45) is 0 Å². The van der Waals surface area contributed by atoms with Crippen LogP contribution in [0.3, 0.4) is 0 Å². The summed E-state index contributed by atoms with van der Waals surface area (Å²) in [6, 6.07) is 10.2. The predicted octanol–water partition coefficient (Wildman–Crippen LogP) is 3.15. The van der Waals surface area contributed by atoms with Gasteiger partial charge in [0.15, 0.2) is 0 Å². The van der Waals surface area contributed by atoms with E-state index in [9.17, 15) is 0 Å². The van der Waals surface area contributed by atoms with E-state index in [4.69, 9.17) is 4.74 Å². The molecule has 1 rings (SSSR count). The van der Waals surface area contributed by atoms with Gasteiger partial charge in [-0.05, 0) is 5.56 Å². The topological polar surface area (TPSA) is 9.23 Å². The highest BCUT2D eigenvalue weighted by Crippen LogP contribution is 2.00. The molecule has 0 unspecified atom stereocenters. The summed E-state index contributed by atoms with van der Waals surface area (Å²) in [5.74, 6) is 0. The van der Waals surface area contributed by atoms with Crippen LogP contribution < -0.4 is 0 Å². The number of hydrogen-bond donors (Lipinski definition) is 0. The maximum absolute atomic E-state index is 5.41. The van der Waals surface area contributed by atoms with Gasteiger partial charge in [-0.25, -0.2) is 0 Å². The third-order valence-electron chi connectivity index (χ3n) is 1.58. The van der Waals surface area contributed by atoms with E-state index in [1.807, 2.05) is 30.4 Å². The smallest absolute Gasteiger partial charge is 0.0721 e. The van der Waals surface area contributed by atoms with Crippen LogP contribution >= 0.6 is 15.9 Å². The van der Waals surface area contributed by atoms with Gasteiger partial charge in [0, 0.05) is 5.33 Å². The molecule has 0 heterocycles. The maximum atomic E-state index is 5.41. The summed E-state index contributed by atoms with van der Waals surface area (Å²) in [7, 11) is 0. The third-order valence-corrected chi connectivity index (χ3v) is 1.96. The van der Waals surface area contributed by atoms with Crippen LogP contribution in [-0.2, 0) is 11.3 Å². The van der Waals surface area contributed by atoms with Gasteiger partial charge < -0.3 is 4.74 Å². The largest absolute Gasteiger partial charge is 0.373 e. The fraction of sp³-hybridized carbons (Fsp3) is 0.273. The van der Waals surface area contributed by atoms with Crippen molar-refractivity contribution in [3.8, 4) is 0 Å². The summed E-state index contributed by atoms with van der Waals surface area (Å²) in [5.41, 5.74) is 1.22. The molecule has 0 amide bonds. The highest BCUT2D eigenvalue weighted by Gasteiger charge is 1.88. The SMILES string of the molecule is BrCC=CCOCc1ccccc1. The first kappa shape index (κ1) is 10.5. The Kier molecular flexibility index (Phi) is 5.54. The van der Waals surface area contributed by atoms with Crippen molar-refractivity contribution in [3.63, 3.8) is 0 Å². The molecule has 0 saturated carbocycles. The average Bonchev–Trinajstić information content (AvgIpc) is 2.19. The second kappa shape index (κ2) is 6.87. The van der Waals surface area contributed by atoms with Crippen LogP contribution in [0.25, 0.3) is 0 Å². The van der Waals surface area contributed by atoms with Crippen molar-refractivity contribution in [1.82, 2.24) is 0 Å². The van der Waals surface area contributed by atoms with Crippen molar-refractivity contribution in [2.75, 3.05) is 11.9 Å². The average molecular weight is 241 g/mol. The molecular formula is C11H13BrO. The number of hydrogen-bond acceptors (Lipinski definition) is 1. The molecule has 1 aromatic rings. The molecule has 0 N–H and O–H groups in total. The van der Waals surface area contributed by atoms with Gasteiger partial charge in [-0.15, -0.1) is 0 Å². The van der Waals surface area contributed by atoms with Crippen LogP contribution in [0.2, 0.25) is 0 Å². The Morgan fingerprint density at radius 2 is 1.92 bits per heavy atom. The summed E-state index contributed by atoms with van der Waals surface area (Å²) < 4.78 is 5.41. The second-order valence-electron chi connectivity index (χ2n) is 2.63. The van der Waals surface area contributed by atoms with Crippen molar-refractivity contribution < 1.29 is 4.74 Å². The molecule has 0 atom stereocenters. The molecule has 1 aromatic carbocycles. The van der Waals surface area contributed by atoms with Gasteiger partial charge >= 0.3 is 0 Å². The number of benzene rings is 1. The molecule has 0 radical (unpaired) electrons. The van der Waals surface area contributed by atoms with E-state index in [2.05, 4.69) is 28.1 Å². The second-order valence-corrected chi connectivity index (χ2v) is 3.27. The molecule has 0 aliphatic carbocycles. The molecule has 0 bridgehead atoms. The summed E-state index contributed by atoms with van der Waals surface area (Å²) >= 11 is 3.30. The minimum atomic E-state index is 0.681. The van der Waals surface area contributed by atoms with Crippen molar-refractivity contribution in [3.05, 3.63) is 48.0 Å². The molecule has 70 valence electrons. The third kappa shape index (κ3) is 4.86. The summed E-state index contributed by atoms with van der Waals surface area (Å²) in [5, 5.41) is 0.891. The zero-order valence-corrected chi connectivity index (χ0v) is 9.03. The zero-order valence-electron chi connectivity index (χ0n) is 7.45. The molecular weight excluding hydrogens is 228 g/mol. The normalized spacial score (nSPS) is 10.8. The van der Waals surface area contributed by atoms with E-state index < -0.39 is 0 Å². The molecule has 1 nitrogen and oxygen atoms in total. The van der Waals surface area contributed by atoms with E-state index in [1.54, 1.807) is 0 Å². The standard InChI is InChI=1S/C11H13BrO/c12-8-4-5-9-13-10-11-6-2-1-3-7-11/h1-7H,8-10H2. The van der Waals surface area contributed by atoms with Crippen LogP contribution in [0.4, 0.5) is 0 Å². The Balaban J connectivity index is 2.17. The van der Waals surface area contributed by atoms with Gasteiger partial charge in [0.2, 0.25) is 0 Å². The molecule has 0 fully saturated rings. The first-order chi connectivity index (χ1) is 6.43. The van der Waals surface area contributed by atoms with Crippen molar-refractivity contribution >= 4 is 15.9 Å². The molecule has 0 saturated heterocycles. The summed E-state index contributed by atoms with van der Waals surface area (Å²) in [6.45, 7) is 1.37. The van der Waals surface area contributed by atoms with Gasteiger partial charge in [-0.2, -0.15) is 0 Å². The minimum Gasteiger partial charge on any atom is -0.373 e. The fourth-order valence-corrected chi connectivity index (χ4v) is 1.21. The quantitative estimate of drug-likeness (QED) is 0.437. The molecule has 0 aliphatic heterocycles. The molecule has 0 aliphatic rings. The Bertz CT molecular complexity index is 244. The highest BCUT2D eigenvalue weighted by molar-refractivity contribution is 9.09. The van der Waals surface area contributed by atoms with Crippen molar-refractivity contribution in [1.29, 1.82) is 0 Å². The summed E-state index contributed by atoms with van der Waals surface area (Å²) in [4.78, 5) is 0. The van der Waals surface area contributed by atoms with Crippen LogP contribution in [0.15, 0.2) is 42.5 Å². The minimum absolute atomic E-state index is 0.681. The van der Waals surface area contributed by atoms with Gasteiger partial charge in [-0.1, -0.05) is 58.4 Å². The number of ether oxygens (including phenoxy) is 1. The van der Waals surface area contributed by atoms with Crippen LogP contribution in [0.5, 0.6) is 0 Å². The van der Waals surface area contributed by atoms with E-state index in [0.29, 0.717) is 13.2 Å². The lowest BCUT2D eigenvalue weighted by Crippen LogP contribution is -1.91. The van der Waals surface area contributed by atoms with Crippen molar-refractivity contribution in [2.45, 2.75) is 6.61 Å². The highest BCUT2D eigenvalue weighted by atomic mass is 79.9. The zero-order chi connectivity index (χ0) is 9.36. The Hall–Kier alpha value is -0.600. The Morgan fingerprint density at radius 1 is 1.15 bits per heavy atom. The number of alkyl halides is 1. The van der Waals surface area contributed by atoms with Gasteiger partial charge in [0.25, 0.3) is 0 Å². The lowest BCUT2D eigenvalue weighted by Gasteiger charge is -2.00. The van der Waals surface area contributed by atoms with Crippen LogP contribution in [0.1, 0.15) is 5.56 Å². The lowest BCUT2D eigenvalue weighted by molar-refractivity contribution is 0.148. The first-order valence-electron chi connectivity index (χ1n) is 4.26. The Labute approximate surface area is 87.5 Å². The lowest BCUT2D eigenvalue weighted by atomic mass is 10.2. The molecule has 0 spiro atoms. The van der Waals surface area contributed by atoms with E-state index in [0.717, 1.165) is 5.33 Å². The molecule has 0 aromatic heterocycles. The molecule has 13 heavy (non-hydrogen) atoms. The van der Waals surface area contributed by atoms with Gasteiger partial charge in [-0.3, -0.25) is 0 Å². The number of allylic oxidation sites excluding steroid dienone is 1. The van der Waals surface area contributed by atoms with Gasteiger partial charge in [0.1, 0.15) is 0 Å². The fourth-order valence-electron chi connectivity index (χ4n) is 0.950. The molecule has 2 heteroatoms. The van der Waals surface area contributed by atoms with E-state index >= 15 is 0 Å². The summed E-state index contributed by atoms with van der Waals surface area (Å²) in [6.07, 6.45) is 4.04. The Morgan fingerprint density at radius 3 is 2.62 bits per heavy atom. The van der Waals surface area contributed by atoms with E-state index in [-0.39, 0.29) is 0 Å². The van der Waals surface area contributed by atoms with Crippen LogP contribution in [-0.4, -0.2) is 11.9 Å². The maximum Gasteiger partial charge on any atom is 0.0721 e. The van der Waals surface area contributed by atoms with Gasteiger partial charge in [0.05, 0.1) is 13.2 Å². The number of rotatable bonds is 5. The first-order valence-corrected chi connectivity index (χ1v) is 5.38.